The van der Waals surface area contributed by atoms with Crippen LogP contribution in [0.4, 0.5) is 0 Å². The molecular formula is C11H24N2. The number of allylic oxidation sites excluding steroid dienone is 1. The highest BCUT2D eigenvalue weighted by Gasteiger charge is 2.07. The smallest absolute Gasteiger partial charge is 0.0389 e. The van der Waals surface area contributed by atoms with Gasteiger partial charge in [-0.2, -0.15) is 0 Å². The maximum Gasteiger partial charge on any atom is 0.0389 e. The number of nitrogens with two attached hydrogens (primary N) is 1. The third kappa shape index (κ3) is 4.94. The molecule has 0 aromatic carbocycles. The van der Waals surface area contributed by atoms with Crippen molar-refractivity contribution in [3.63, 3.8) is 0 Å². The molecule has 1 unspecified atom stereocenters. The zero-order valence-electron chi connectivity index (χ0n) is 9.62. The van der Waals surface area contributed by atoms with Gasteiger partial charge in [-0.05, 0) is 32.1 Å². The molecule has 78 valence electrons. The van der Waals surface area contributed by atoms with Gasteiger partial charge in [0.05, 0.1) is 0 Å². The molecule has 0 saturated heterocycles. The summed E-state index contributed by atoms with van der Waals surface area (Å²) in [6.07, 6.45) is 5.39. The zero-order valence-corrected chi connectivity index (χ0v) is 9.62. The summed E-state index contributed by atoms with van der Waals surface area (Å²) in [5, 5.41) is 1.76. The van der Waals surface area contributed by atoms with Crippen LogP contribution in [0.5, 0.6) is 0 Å². The van der Waals surface area contributed by atoms with E-state index in [1.165, 1.54) is 6.42 Å². The summed E-state index contributed by atoms with van der Waals surface area (Å²) >= 11 is 0. The molecule has 2 N–H and O–H groups in total. The zero-order chi connectivity index (χ0) is 10.4. The highest BCUT2D eigenvalue weighted by Crippen LogP contribution is 2.16. The molecule has 0 aromatic heterocycles. The van der Waals surface area contributed by atoms with Crippen LogP contribution in [0.1, 0.15) is 41.0 Å². The second kappa shape index (κ2) is 6.03. The first-order chi connectivity index (χ1) is 5.99. The van der Waals surface area contributed by atoms with E-state index in [4.69, 9.17) is 5.84 Å². The van der Waals surface area contributed by atoms with Crippen LogP contribution in [-0.2, 0) is 0 Å². The van der Waals surface area contributed by atoms with E-state index in [1.54, 1.807) is 5.01 Å². The van der Waals surface area contributed by atoms with Crippen LogP contribution in [0.3, 0.4) is 0 Å². The van der Waals surface area contributed by atoms with Gasteiger partial charge in [-0.15, -0.1) is 0 Å². The van der Waals surface area contributed by atoms with E-state index in [9.17, 15) is 0 Å². The second-order valence-corrected chi connectivity index (χ2v) is 4.20. The minimum atomic E-state index is 0.376. The topological polar surface area (TPSA) is 29.3 Å². The van der Waals surface area contributed by atoms with Gasteiger partial charge in [-0.3, -0.25) is 0 Å². The second-order valence-electron chi connectivity index (χ2n) is 4.20. The molecule has 13 heavy (non-hydrogen) atoms. The molecule has 0 radical (unpaired) electrons. The van der Waals surface area contributed by atoms with Crippen molar-refractivity contribution in [3.8, 4) is 0 Å². The largest absolute Gasteiger partial charge is 0.316 e. The molecule has 1 atom stereocenters. The highest BCUT2D eigenvalue weighted by atomic mass is 15.4. The Hall–Kier alpha value is -0.500. The van der Waals surface area contributed by atoms with Crippen LogP contribution in [0.2, 0.25) is 0 Å². The van der Waals surface area contributed by atoms with E-state index in [0.717, 1.165) is 0 Å². The van der Waals surface area contributed by atoms with Crippen molar-refractivity contribution in [2.75, 3.05) is 0 Å². The van der Waals surface area contributed by atoms with Crippen molar-refractivity contribution < 1.29 is 0 Å². The van der Waals surface area contributed by atoms with E-state index in [1.807, 2.05) is 6.20 Å². The number of hydrogen-bond donors (Lipinski definition) is 1. The lowest BCUT2D eigenvalue weighted by atomic mass is 9.93. The fraction of sp³-hybridized carbons (Fsp3) is 0.818. The lowest BCUT2D eigenvalue weighted by molar-refractivity contribution is 0.317. The van der Waals surface area contributed by atoms with Crippen LogP contribution in [-0.4, -0.2) is 11.1 Å². The Morgan fingerprint density at radius 3 is 2.08 bits per heavy atom. The summed E-state index contributed by atoms with van der Waals surface area (Å²) in [6, 6.07) is 0.376. The van der Waals surface area contributed by atoms with Gasteiger partial charge in [0, 0.05) is 12.2 Å². The van der Waals surface area contributed by atoms with Crippen LogP contribution >= 0.6 is 0 Å². The van der Waals surface area contributed by atoms with Gasteiger partial charge in [0.2, 0.25) is 0 Å². The van der Waals surface area contributed by atoms with Gasteiger partial charge >= 0.3 is 0 Å². The molecule has 0 saturated carbocycles. The molecule has 0 aliphatic carbocycles. The highest BCUT2D eigenvalue weighted by molar-refractivity contribution is 4.88. The molecule has 0 spiro atoms. The summed E-state index contributed by atoms with van der Waals surface area (Å²) in [5.74, 6) is 7.11. The maximum atomic E-state index is 5.77. The van der Waals surface area contributed by atoms with Crippen molar-refractivity contribution in [1.29, 1.82) is 0 Å². The van der Waals surface area contributed by atoms with E-state index < -0.39 is 0 Å². The summed E-state index contributed by atoms with van der Waals surface area (Å²) < 4.78 is 0. The molecule has 0 aliphatic rings. The van der Waals surface area contributed by atoms with Crippen molar-refractivity contribution in [3.05, 3.63) is 12.3 Å². The lowest BCUT2D eigenvalue weighted by Crippen LogP contribution is -2.32. The Morgan fingerprint density at radius 1 is 1.23 bits per heavy atom. The Bertz CT molecular complexity index is 150. The summed E-state index contributed by atoms with van der Waals surface area (Å²) in [6.45, 7) is 10.9. The Kier molecular flexibility index (Phi) is 5.80. The Labute approximate surface area is 82.8 Å². The minimum absolute atomic E-state index is 0.376. The average molecular weight is 184 g/mol. The van der Waals surface area contributed by atoms with E-state index in [-0.39, 0.29) is 0 Å². The van der Waals surface area contributed by atoms with Crippen LogP contribution in [0.25, 0.3) is 0 Å². The molecule has 0 bridgehead atoms. The predicted octanol–water partition coefficient (Wildman–Crippen LogP) is 2.77. The molecule has 0 amide bonds. The Balaban J connectivity index is 4.06. The number of nitrogens with zero attached hydrogens (tertiary/aromatic N) is 1. The lowest BCUT2D eigenvalue weighted by Gasteiger charge is -2.20. The molecule has 0 heterocycles. The molecule has 0 aromatic rings. The molecular weight excluding hydrogens is 160 g/mol. The van der Waals surface area contributed by atoms with Crippen LogP contribution < -0.4 is 5.84 Å². The number of rotatable bonds is 5. The third-order valence-corrected chi connectivity index (χ3v) is 2.43. The van der Waals surface area contributed by atoms with Gasteiger partial charge < -0.3 is 5.01 Å². The number of hydrogen-bond acceptors (Lipinski definition) is 2. The molecule has 2 heteroatoms. The quantitative estimate of drug-likeness (QED) is 0.526. The minimum Gasteiger partial charge on any atom is -0.316 e. The first-order valence-corrected chi connectivity index (χ1v) is 5.20. The normalized spacial score (nSPS) is 14.5. The van der Waals surface area contributed by atoms with E-state index >= 15 is 0 Å². The molecule has 0 fully saturated rings. The predicted molar refractivity (Wildman–Crippen MR) is 58.9 cm³/mol. The van der Waals surface area contributed by atoms with Gasteiger partial charge in [0.1, 0.15) is 0 Å². The average Bonchev–Trinajstić information content (AvgIpc) is 2.04. The first kappa shape index (κ1) is 12.5. The van der Waals surface area contributed by atoms with E-state index in [0.29, 0.717) is 17.9 Å². The van der Waals surface area contributed by atoms with Gasteiger partial charge in [0.15, 0.2) is 0 Å². The Morgan fingerprint density at radius 2 is 1.77 bits per heavy atom. The van der Waals surface area contributed by atoms with Gasteiger partial charge in [-0.1, -0.05) is 26.8 Å². The van der Waals surface area contributed by atoms with Gasteiger partial charge in [0.25, 0.3) is 0 Å². The SMILES string of the molecule is CCC(/C=C\N(N)C(C)C)C(C)C. The molecule has 0 aliphatic heterocycles. The van der Waals surface area contributed by atoms with Crippen molar-refractivity contribution in [2.24, 2.45) is 17.7 Å². The van der Waals surface area contributed by atoms with Crippen LogP contribution in [0.15, 0.2) is 12.3 Å². The summed E-state index contributed by atoms with van der Waals surface area (Å²) in [7, 11) is 0. The molecule has 0 rings (SSSR count). The van der Waals surface area contributed by atoms with Crippen molar-refractivity contribution in [1.82, 2.24) is 5.01 Å². The fourth-order valence-corrected chi connectivity index (χ4v) is 1.21. The van der Waals surface area contributed by atoms with E-state index in [2.05, 4.69) is 40.7 Å². The van der Waals surface area contributed by atoms with Gasteiger partial charge in [-0.25, -0.2) is 5.84 Å². The summed E-state index contributed by atoms with van der Waals surface area (Å²) in [4.78, 5) is 0. The standard InChI is InChI=1S/C11H24N2/c1-6-11(9(2)3)7-8-13(12)10(4)5/h7-11H,6,12H2,1-5H3/b8-7-. The summed E-state index contributed by atoms with van der Waals surface area (Å²) in [5.41, 5.74) is 0. The monoisotopic (exact) mass is 184 g/mol. The first-order valence-electron chi connectivity index (χ1n) is 5.20. The van der Waals surface area contributed by atoms with Crippen LogP contribution in [0, 0.1) is 11.8 Å². The maximum absolute atomic E-state index is 5.77. The van der Waals surface area contributed by atoms with Crippen molar-refractivity contribution in [2.45, 2.75) is 47.1 Å². The third-order valence-electron chi connectivity index (χ3n) is 2.43. The molecule has 2 nitrogen and oxygen atoms in total. The fourth-order valence-electron chi connectivity index (χ4n) is 1.21. The number of hydrazine groups is 1. The van der Waals surface area contributed by atoms with Crippen molar-refractivity contribution >= 4 is 0 Å².